The summed E-state index contributed by atoms with van der Waals surface area (Å²) in [6.45, 7) is 0.443. The number of carbonyl (C=O) groups excluding carboxylic acids is 1. The molecule has 1 saturated carbocycles. The van der Waals surface area contributed by atoms with Gasteiger partial charge in [-0.05, 0) is 49.9 Å². The van der Waals surface area contributed by atoms with Gasteiger partial charge in [-0.2, -0.15) is 0 Å². The number of halogens is 1. The van der Waals surface area contributed by atoms with E-state index in [1.54, 1.807) is 42.5 Å². The van der Waals surface area contributed by atoms with Crippen LogP contribution in [-0.2, 0) is 20.2 Å². The van der Waals surface area contributed by atoms with E-state index in [1.165, 1.54) is 10.4 Å². The average Bonchev–Trinajstić information content (AvgIpc) is 3.44. The average molecular weight is 388 g/mol. The van der Waals surface area contributed by atoms with Gasteiger partial charge in [-0.3, -0.25) is 9.10 Å². The Morgan fingerprint density at radius 3 is 2.56 bits per heavy atom. The Balaban J connectivity index is 1.57. The maximum atomic E-state index is 14.2. The highest BCUT2D eigenvalue weighted by atomic mass is 32.2. The van der Waals surface area contributed by atoms with E-state index in [1.807, 2.05) is 0 Å². The standard InChI is InChI=1S/C20H21FN2O3S/c21-18-9-2-1-8-17(18)20(10-11-20)19(24)22-15-6-5-7-16(14-15)23-12-3-4-13-27(23,25)26/h1-2,5-9,14H,3-4,10-13H2,(H,22,24). The number of nitrogens with one attached hydrogen (secondary N) is 1. The van der Waals surface area contributed by atoms with Gasteiger partial charge < -0.3 is 5.32 Å². The summed E-state index contributed by atoms with van der Waals surface area (Å²) in [5.41, 5.74) is 0.639. The van der Waals surface area contributed by atoms with Crippen LogP contribution in [0, 0.1) is 5.82 Å². The molecule has 2 aliphatic rings. The fourth-order valence-corrected chi connectivity index (χ4v) is 5.29. The van der Waals surface area contributed by atoms with Crippen molar-refractivity contribution in [1.82, 2.24) is 0 Å². The summed E-state index contributed by atoms with van der Waals surface area (Å²) in [4.78, 5) is 12.9. The zero-order chi connectivity index (χ0) is 19.1. The van der Waals surface area contributed by atoms with Gasteiger partial charge in [0.25, 0.3) is 0 Å². The molecule has 1 saturated heterocycles. The van der Waals surface area contributed by atoms with Gasteiger partial charge in [0.15, 0.2) is 0 Å². The Hall–Kier alpha value is -2.41. The molecule has 5 nitrogen and oxygen atoms in total. The summed E-state index contributed by atoms with van der Waals surface area (Å²) in [7, 11) is -3.32. The smallest absolute Gasteiger partial charge is 0.235 e. The van der Waals surface area contributed by atoms with Gasteiger partial charge in [0.05, 0.1) is 16.9 Å². The second-order valence-electron chi connectivity index (χ2n) is 7.16. The number of anilines is 2. The monoisotopic (exact) mass is 388 g/mol. The highest BCUT2D eigenvalue weighted by molar-refractivity contribution is 7.92. The second kappa shape index (κ2) is 6.64. The predicted molar refractivity (Wildman–Crippen MR) is 103 cm³/mol. The van der Waals surface area contributed by atoms with Crippen LogP contribution in [0.2, 0.25) is 0 Å². The summed E-state index contributed by atoms with van der Waals surface area (Å²) in [6.07, 6.45) is 2.67. The zero-order valence-electron chi connectivity index (χ0n) is 14.8. The molecule has 1 amide bonds. The predicted octanol–water partition coefficient (Wildman–Crippen LogP) is 3.43. The Bertz CT molecular complexity index is 986. The SMILES string of the molecule is O=C(Nc1cccc(N2CCCCS2(=O)=O)c1)C1(c2ccccc2F)CC1. The van der Waals surface area contributed by atoms with Gasteiger partial charge in [0.2, 0.25) is 15.9 Å². The van der Waals surface area contributed by atoms with Crippen LogP contribution in [0.3, 0.4) is 0 Å². The van der Waals surface area contributed by atoms with Crippen LogP contribution in [0.15, 0.2) is 48.5 Å². The molecule has 27 heavy (non-hydrogen) atoms. The summed E-state index contributed by atoms with van der Waals surface area (Å²) in [5.74, 6) is -0.496. The lowest BCUT2D eigenvalue weighted by Crippen LogP contribution is -2.37. The van der Waals surface area contributed by atoms with E-state index < -0.39 is 15.4 Å². The molecule has 1 aliphatic carbocycles. The zero-order valence-corrected chi connectivity index (χ0v) is 15.6. The Morgan fingerprint density at radius 1 is 1.07 bits per heavy atom. The molecule has 2 aromatic carbocycles. The first-order valence-corrected chi connectivity index (χ1v) is 10.7. The maximum absolute atomic E-state index is 14.2. The number of hydrogen-bond acceptors (Lipinski definition) is 3. The van der Waals surface area contributed by atoms with Crippen molar-refractivity contribution in [2.45, 2.75) is 31.1 Å². The highest BCUT2D eigenvalue weighted by Crippen LogP contribution is 2.49. The molecular formula is C20H21FN2O3S. The van der Waals surface area contributed by atoms with Crippen molar-refractivity contribution < 1.29 is 17.6 Å². The first-order valence-electron chi connectivity index (χ1n) is 9.09. The quantitative estimate of drug-likeness (QED) is 0.873. The van der Waals surface area contributed by atoms with Crippen LogP contribution < -0.4 is 9.62 Å². The van der Waals surface area contributed by atoms with Gasteiger partial charge in [0, 0.05) is 17.8 Å². The Kier molecular flexibility index (Phi) is 4.42. The van der Waals surface area contributed by atoms with Gasteiger partial charge in [-0.1, -0.05) is 24.3 Å². The Labute approximate surface area is 158 Å². The normalized spacial score (nSPS) is 20.1. The molecule has 0 bridgehead atoms. The third-order valence-corrected chi connectivity index (χ3v) is 7.18. The molecule has 2 aromatic rings. The number of carbonyl (C=O) groups is 1. The molecule has 1 aliphatic heterocycles. The minimum absolute atomic E-state index is 0.139. The van der Waals surface area contributed by atoms with E-state index in [0.717, 1.165) is 6.42 Å². The lowest BCUT2D eigenvalue weighted by atomic mass is 9.94. The summed E-state index contributed by atoms with van der Waals surface area (Å²) in [6, 6.07) is 13.2. The molecular weight excluding hydrogens is 367 g/mol. The third kappa shape index (κ3) is 3.32. The van der Waals surface area contributed by atoms with Gasteiger partial charge in [0.1, 0.15) is 5.82 Å². The van der Waals surface area contributed by atoms with Crippen LogP contribution in [0.25, 0.3) is 0 Å². The fourth-order valence-electron chi connectivity index (χ4n) is 3.66. The molecule has 4 rings (SSSR count). The molecule has 0 aromatic heterocycles. The van der Waals surface area contributed by atoms with Gasteiger partial charge >= 0.3 is 0 Å². The van der Waals surface area contributed by atoms with E-state index in [2.05, 4.69) is 5.32 Å². The topological polar surface area (TPSA) is 66.5 Å². The van der Waals surface area contributed by atoms with Crippen molar-refractivity contribution in [2.24, 2.45) is 0 Å². The molecule has 0 unspecified atom stereocenters. The van der Waals surface area contributed by atoms with Crippen molar-refractivity contribution in [2.75, 3.05) is 21.9 Å². The molecule has 7 heteroatoms. The van der Waals surface area contributed by atoms with Crippen molar-refractivity contribution in [1.29, 1.82) is 0 Å². The van der Waals surface area contributed by atoms with Crippen LogP contribution >= 0.6 is 0 Å². The van der Waals surface area contributed by atoms with Crippen LogP contribution in [0.5, 0.6) is 0 Å². The van der Waals surface area contributed by atoms with Crippen molar-refractivity contribution in [3.63, 3.8) is 0 Å². The van der Waals surface area contributed by atoms with Crippen LogP contribution in [0.4, 0.5) is 15.8 Å². The first-order chi connectivity index (χ1) is 12.9. The second-order valence-corrected chi connectivity index (χ2v) is 9.17. The number of hydrogen-bond donors (Lipinski definition) is 1. The van der Waals surface area contributed by atoms with Crippen LogP contribution in [0.1, 0.15) is 31.2 Å². The highest BCUT2D eigenvalue weighted by Gasteiger charge is 2.52. The van der Waals surface area contributed by atoms with Gasteiger partial charge in [-0.25, -0.2) is 12.8 Å². The van der Waals surface area contributed by atoms with Crippen LogP contribution in [-0.4, -0.2) is 26.6 Å². The number of rotatable bonds is 4. The molecule has 1 heterocycles. The molecule has 0 atom stereocenters. The summed E-state index contributed by atoms with van der Waals surface area (Å²) >= 11 is 0. The summed E-state index contributed by atoms with van der Waals surface area (Å²) < 4.78 is 40.2. The molecule has 0 radical (unpaired) electrons. The minimum Gasteiger partial charge on any atom is -0.325 e. The van der Waals surface area contributed by atoms with Gasteiger partial charge in [-0.15, -0.1) is 0 Å². The first kappa shape index (κ1) is 18.0. The largest absolute Gasteiger partial charge is 0.325 e. The summed E-state index contributed by atoms with van der Waals surface area (Å²) in [5, 5.41) is 2.85. The molecule has 2 fully saturated rings. The Morgan fingerprint density at radius 2 is 1.85 bits per heavy atom. The maximum Gasteiger partial charge on any atom is 0.235 e. The van der Waals surface area contributed by atoms with Crippen molar-refractivity contribution in [3.8, 4) is 0 Å². The number of amides is 1. The van der Waals surface area contributed by atoms with E-state index >= 15 is 0 Å². The lowest BCUT2D eigenvalue weighted by Gasteiger charge is -2.28. The van der Waals surface area contributed by atoms with Crippen molar-refractivity contribution in [3.05, 3.63) is 59.9 Å². The van der Waals surface area contributed by atoms with E-state index in [9.17, 15) is 17.6 Å². The number of sulfonamides is 1. The van der Waals surface area contributed by atoms with Crippen molar-refractivity contribution >= 4 is 27.3 Å². The molecule has 142 valence electrons. The van der Waals surface area contributed by atoms with E-state index in [4.69, 9.17) is 0 Å². The molecule has 0 spiro atoms. The van der Waals surface area contributed by atoms with E-state index in [0.29, 0.717) is 42.7 Å². The fraction of sp³-hybridized carbons (Fsp3) is 0.350. The third-order valence-electron chi connectivity index (χ3n) is 5.32. The van der Waals surface area contributed by atoms with E-state index in [-0.39, 0.29) is 17.5 Å². The lowest BCUT2D eigenvalue weighted by molar-refractivity contribution is -0.118. The molecule has 1 N–H and O–H groups in total. The minimum atomic E-state index is -3.32. The number of nitrogens with zero attached hydrogens (tertiary/aromatic N) is 1. The number of benzene rings is 2.